The van der Waals surface area contributed by atoms with E-state index in [0.717, 1.165) is 16.7 Å². The molecule has 5 heteroatoms. The summed E-state index contributed by atoms with van der Waals surface area (Å²) >= 11 is 0. The van der Waals surface area contributed by atoms with E-state index in [9.17, 15) is 9.59 Å². The van der Waals surface area contributed by atoms with Gasteiger partial charge in [0.05, 0.1) is 0 Å². The largest absolute Gasteiger partial charge is 0.427 e. The van der Waals surface area contributed by atoms with Crippen LogP contribution in [0.25, 0.3) is 17.2 Å². The Morgan fingerprint density at radius 2 is 1.59 bits per heavy atom. The first-order valence-electron chi connectivity index (χ1n) is 9.05. The summed E-state index contributed by atoms with van der Waals surface area (Å²) in [7, 11) is 0. The van der Waals surface area contributed by atoms with E-state index in [2.05, 4.69) is 4.99 Å². The quantitative estimate of drug-likeness (QED) is 0.374. The number of esters is 2. The van der Waals surface area contributed by atoms with Gasteiger partial charge in [0.1, 0.15) is 5.75 Å². The molecule has 3 aromatic carbocycles. The molecule has 1 heterocycles. The third-order valence-corrected chi connectivity index (χ3v) is 4.28. The minimum absolute atomic E-state index is 0.187. The Kier molecular flexibility index (Phi) is 5.03. The van der Waals surface area contributed by atoms with Crippen LogP contribution in [0.2, 0.25) is 0 Å². The Bertz CT molecular complexity index is 1130. The van der Waals surface area contributed by atoms with E-state index in [1.165, 1.54) is 6.92 Å². The van der Waals surface area contributed by atoms with Crippen molar-refractivity contribution in [2.24, 2.45) is 4.99 Å². The minimum atomic E-state index is -0.523. The fraction of sp³-hybridized carbons (Fsp3) is 0.0417. The first kappa shape index (κ1) is 18.4. The van der Waals surface area contributed by atoms with Crippen molar-refractivity contribution in [3.05, 3.63) is 95.7 Å². The second kappa shape index (κ2) is 7.94. The Balaban J connectivity index is 1.58. The van der Waals surface area contributed by atoms with Crippen LogP contribution in [0.4, 0.5) is 0 Å². The van der Waals surface area contributed by atoms with Gasteiger partial charge in [-0.3, -0.25) is 4.79 Å². The summed E-state index contributed by atoms with van der Waals surface area (Å²) in [6.45, 7) is 1.33. The number of cyclic esters (lactones) is 1. The zero-order valence-electron chi connectivity index (χ0n) is 15.7. The number of hydrogen-bond acceptors (Lipinski definition) is 5. The molecule has 4 rings (SSSR count). The van der Waals surface area contributed by atoms with E-state index in [4.69, 9.17) is 9.47 Å². The number of ether oxygens (including phenoxy) is 2. The molecule has 5 nitrogen and oxygen atoms in total. The third kappa shape index (κ3) is 4.30. The van der Waals surface area contributed by atoms with Crippen LogP contribution in [0.15, 0.2) is 89.6 Å². The maximum absolute atomic E-state index is 12.2. The van der Waals surface area contributed by atoms with Crippen molar-refractivity contribution >= 4 is 23.9 Å². The van der Waals surface area contributed by atoms with Crippen molar-refractivity contribution in [3.63, 3.8) is 0 Å². The van der Waals surface area contributed by atoms with Crippen LogP contribution < -0.4 is 4.74 Å². The lowest BCUT2D eigenvalue weighted by Crippen LogP contribution is -2.05. The lowest BCUT2D eigenvalue weighted by Gasteiger charge is -2.03. The first-order chi connectivity index (χ1) is 14.1. The first-order valence-corrected chi connectivity index (χ1v) is 9.05. The van der Waals surface area contributed by atoms with Gasteiger partial charge in [-0.2, -0.15) is 0 Å². The predicted octanol–water partition coefficient (Wildman–Crippen LogP) is 4.62. The van der Waals surface area contributed by atoms with Gasteiger partial charge in [0.2, 0.25) is 5.90 Å². The molecule has 0 fully saturated rings. The van der Waals surface area contributed by atoms with Crippen molar-refractivity contribution in [1.82, 2.24) is 0 Å². The van der Waals surface area contributed by atoms with Gasteiger partial charge < -0.3 is 9.47 Å². The molecule has 0 spiro atoms. The lowest BCUT2D eigenvalue weighted by molar-refractivity contribution is -0.132. The smallest absolute Gasteiger partial charge is 0.363 e. The topological polar surface area (TPSA) is 65.0 Å². The van der Waals surface area contributed by atoms with Crippen molar-refractivity contribution in [2.75, 3.05) is 0 Å². The normalized spacial score (nSPS) is 14.4. The molecule has 0 bridgehead atoms. The molecular formula is C24H17NO4. The molecule has 3 aromatic rings. The average molecular weight is 383 g/mol. The minimum Gasteiger partial charge on any atom is -0.427 e. The van der Waals surface area contributed by atoms with Gasteiger partial charge in [-0.15, -0.1) is 0 Å². The van der Waals surface area contributed by atoms with Crippen molar-refractivity contribution in [3.8, 4) is 16.9 Å². The molecule has 0 atom stereocenters. The summed E-state index contributed by atoms with van der Waals surface area (Å²) in [5, 5.41) is 0. The van der Waals surface area contributed by atoms with E-state index in [1.54, 1.807) is 30.3 Å². The zero-order valence-corrected chi connectivity index (χ0v) is 15.7. The summed E-state index contributed by atoms with van der Waals surface area (Å²) in [5.74, 6) is -0.268. The molecule has 0 unspecified atom stereocenters. The predicted molar refractivity (Wildman–Crippen MR) is 110 cm³/mol. The molecule has 1 aliphatic rings. The van der Waals surface area contributed by atoms with E-state index in [1.807, 2.05) is 54.6 Å². The Morgan fingerprint density at radius 1 is 0.897 bits per heavy atom. The van der Waals surface area contributed by atoms with Crippen molar-refractivity contribution in [1.29, 1.82) is 0 Å². The lowest BCUT2D eigenvalue weighted by atomic mass is 10.0. The van der Waals surface area contributed by atoms with Gasteiger partial charge >= 0.3 is 11.9 Å². The number of aliphatic imine (C=N–C) groups is 1. The van der Waals surface area contributed by atoms with Crippen LogP contribution in [0.5, 0.6) is 5.75 Å². The highest BCUT2D eigenvalue weighted by molar-refractivity contribution is 6.13. The molecule has 0 amide bonds. The van der Waals surface area contributed by atoms with Crippen LogP contribution in [0.3, 0.4) is 0 Å². The molecule has 29 heavy (non-hydrogen) atoms. The summed E-state index contributed by atoms with van der Waals surface area (Å²) < 4.78 is 10.4. The molecular weight excluding hydrogens is 366 g/mol. The summed E-state index contributed by atoms with van der Waals surface area (Å²) in [5.41, 5.74) is 3.76. The molecule has 0 saturated heterocycles. The molecule has 142 valence electrons. The standard InChI is InChI=1S/C24H17NO4/c1-16(26)28-21-9-5-6-17(14-21)15-22-24(27)29-23(25-22)20-12-10-19(11-13-20)18-7-3-2-4-8-18/h2-15H,1H3. The molecule has 0 aliphatic carbocycles. The zero-order chi connectivity index (χ0) is 20.2. The van der Waals surface area contributed by atoms with E-state index >= 15 is 0 Å². The fourth-order valence-corrected chi connectivity index (χ4v) is 2.96. The maximum atomic E-state index is 12.2. The van der Waals surface area contributed by atoms with Crippen molar-refractivity contribution < 1.29 is 19.1 Å². The summed E-state index contributed by atoms with van der Waals surface area (Å²) in [6.07, 6.45) is 1.60. The Hall–Kier alpha value is -3.99. The number of carbonyl (C=O) groups is 2. The van der Waals surface area contributed by atoms with Crippen LogP contribution in [-0.2, 0) is 14.3 Å². The van der Waals surface area contributed by atoms with Gasteiger partial charge in [-0.25, -0.2) is 9.79 Å². The highest BCUT2D eigenvalue weighted by Gasteiger charge is 2.24. The average Bonchev–Trinajstić information content (AvgIpc) is 3.09. The number of benzene rings is 3. The van der Waals surface area contributed by atoms with Gasteiger partial charge in [0.25, 0.3) is 0 Å². The number of hydrogen-bond donors (Lipinski definition) is 0. The molecule has 0 aromatic heterocycles. The Morgan fingerprint density at radius 3 is 2.31 bits per heavy atom. The second-order valence-electron chi connectivity index (χ2n) is 6.45. The van der Waals surface area contributed by atoms with E-state index in [0.29, 0.717) is 11.3 Å². The summed E-state index contributed by atoms with van der Waals surface area (Å²) in [4.78, 5) is 27.7. The molecule has 1 aliphatic heterocycles. The van der Waals surface area contributed by atoms with Gasteiger partial charge in [0, 0.05) is 12.5 Å². The van der Waals surface area contributed by atoms with Crippen LogP contribution >= 0.6 is 0 Å². The van der Waals surface area contributed by atoms with Crippen LogP contribution in [0, 0.1) is 0 Å². The second-order valence-corrected chi connectivity index (χ2v) is 6.45. The monoisotopic (exact) mass is 383 g/mol. The van der Waals surface area contributed by atoms with Gasteiger partial charge in [0.15, 0.2) is 5.70 Å². The summed E-state index contributed by atoms with van der Waals surface area (Å²) in [6, 6.07) is 24.5. The molecule has 0 N–H and O–H groups in total. The number of nitrogens with zero attached hydrogens (tertiary/aromatic N) is 1. The number of carbonyl (C=O) groups excluding carboxylic acids is 2. The highest BCUT2D eigenvalue weighted by atomic mass is 16.6. The fourth-order valence-electron chi connectivity index (χ4n) is 2.96. The van der Waals surface area contributed by atoms with E-state index < -0.39 is 11.9 Å². The maximum Gasteiger partial charge on any atom is 0.363 e. The highest BCUT2D eigenvalue weighted by Crippen LogP contribution is 2.24. The van der Waals surface area contributed by atoms with Crippen LogP contribution in [-0.4, -0.2) is 17.8 Å². The van der Waals surface area contributed by atoms with Crippen molar-refractivity contribution in [2.45, 2.75) is 6.92 Å². The SMILES string of the molecule is CC(=O)Oc1cccc(C=C2N=C(c3ccc(-c4ccccc4)cc3)OC2=O)c1. The van der Waals surface area contributed by atoms with Crippen LogP contribution in [0.1, 0.15) is 18.1 Å². The molecule has 0 radical (unpaired) electrons. The number of rotatable bonds is 4. The van der Waals surface area contributed by atoms with Gasteiger partial charge in [-0.1, -0.05) is 54.6 Å². The third-order valence-electron chi connectivity index (χ3n) is 4.28. The Labute approximate surface area is 167 Å². The molecule has 0 saturated carbocycles. The van der Waals surface area contributed by atoms with E-state index in [-0.39, 0.29) is 11.6 Å². The van der Waals surface area contributed by atoms with Gasteiger partial charge in [-0.05, 0) is 47.0 Å².